The lowest BCUT2D eigenvalue weighted by molar-refractivity contribution is 0.425. The van der Waals surface area contributed by atoms with Crippen LogP contribution in [0.25, 0.3) is 0 Å². The third-order valence-corrected chi connectivity index (χ3v) is 1.98. The molecule has 2 nitrogen and oxygen atoms in total. The lowest BCUT2D eigenvalue weighted by Gasteiger charge is -2.02. The molecule has 1 aliphatic carbocycles. The van der Waals surface area contributed by atoms with E-state index in [1.165, 1.54) is 0 Å². The van der Waals surface area contributed by atoms with Gasteiger partial charge in [-0.05, 0) is 11.0 Å². The Kier molecular flexibility index (Phi) is 1.75. The quantitative estimate of drug-likeness (QED) is 0.472. The Morgan fingerprint density at radius 3 is 2.50 bits per heavy atom. The molecule has 0 unspecified atom stereocenters. The van der Waals surface area contributed by atoms with E-state index in [4.69, 9.17) is 10.0 Å². The first kappa shape index (κ1) is 7.59. The smallest absolute Gasteiger partial charge is 0.423 e. The molecule has 2 rings (SSSR count). The molecule has 2 N–H and O–H groups in total. The maximum atomic E-state index is 8.89. The molecule has 60 valence electrons. The van der Waals surface area contributed by atoms with Crippen LogP contribution in [0.5, 0.6) is 0 Å². The van der Waals surface area contributed by atoms with Gasteiger partial charge in [0.15, 0.2) is 0 Å². The first-order valence-electron chi connectivity index (χ1n) is 3.92. The summed E-state index contributed by atoms with van der Waals surface area (Å²) < 4.78 is 0. The highest BCUT2D eigenvalue weighted by molar-refractivity contribution is 6.58. The van der Waals surface area contributed by atoms with Crippen molar-refractivity contribution in [2.24, 2.45) is 0 Å². The largest absolute Gasteiger partial charge is 0.488 e. The predicted molar refractivity (Wildman–Crippen MR) is 48.1 cm³/mol. The Bertz CT molecular complexity index is 297. The minimum Gasteiger partial charge on any atom is -0.423 e. The van der Waals surface area contributed by atoms with Crippen LogP contribution < -0.4 is 5.46 Å². The second-order valence-corrected chi connectivity index (χ2v) is 2.95. The van der Waals surface area contributed by atoms with Crippen molar-refractivity contribution in [2.75, 3.05) is 0 Å². The monoisotopic (exact) mass is 160 g/mol. The van der Waals surface area contributed by atoms with Gasteiger partial charge in [-0.3, -0.25) is 0 Å². The van der Waals surface area contributed by atoms with Gasteiger partial charge in [-0.2, -0.15) is 0 Å². The first-order valence-corrected chi connectivity index (χ1v) is 3.92. The standard InChI is InChI=1S/C9H9BO2/c11-10(12)9-3-1-2-8(6-9)7-4-5-7/h1-7,11-12H. The molecule has 0 saturated heterocycles. The number of hydrogen-bond acceptors (Lipinski definition) is 2. The van der Waals surface area contributed by atoms with Gasteiger partial charge in [0.25, 0.3) is 0 Å². The molecule has 0 aromatic heterocycles. The molecule has 0 spiro atoms. The van der Waals surface area contributed by atoms with Crippen LogP contribution in [-0.2, 0) is 0 Å². The van der Waals surface area contributed by atoms with E-state index in [-0.39, 0.29) is 0 Å². The third kappa shape index (κ3) is 1.42. The fourth-order valence-electron chi connectivity index (χ4n) is 1.20. The number of benzene rings is 1. The van der Waals surface area contributed by atoms with Gasteiger partial charge in [-0.15, -0.1) is 0 Å². The average Bonchev–Trinajstić information content (AvgIpc) is 2.87. The Morgan fingerprint density at radius 2 is 1.92 bits per heavy atom. The Labute approximate surface area is 71.3 Å². The molecule has 0 amide bonds. The topological polar surface area (TPSA) is 40.5 Å². The van der Waals surface area contributed by atoms with E-state index in [9.17, 15) is 0 Å². The fraction of sp³-hybridized carbons (Fsp3) is 0.111. The molecule has 0 fully saturated rings. The summed E-state index contributed by atoms with van der Waals surface area (Å²) in [5, 5.41) is 17.8. The van der Waals surface area contributed by atoms with Crippen molar-refractivity contribution in [1.29, 1.82) is 0 Å². The van der Waals surface area contributed by atoms with Crippen LogP contribution in [0.4, 0.5) is 0 Å². The zero-order chi connectivity index (χ0) is 8.55. The van der Waals surface area contributed by atoms with Crippen LogP contribution in [0, 0.1) is 0 Å². The van der Waals surface area contributed by atoms with E-state index in [1.54, 1.807) is 6.07 Å². The summed E-state index contributed by atoms with van der Waals surface area (Å²) in [6, 6.07) is 7.34. The summed E-state index contributed by atoms with van der Waals surface area (Å²) >= 11 is 0. The molecule has 0 atom stereocenters. The predicted octanol–water partition coefficient (Wildman–Crippen LogP) is 0.0198. The van der Waals surface area contributed by atoms with Gasteiger partial charge >= 0.3 is 7.12 Å². The SMILES string of the molecule is OB(O)c1cccc(C2C=C2)c1. The Hall–Kier alpha value is -1.06. The molecule has 0 aliphatic heterocycles. The minimum atomic E-state index is -1.36. The second-order valence-electron chi connectivity index (χ2n) is 2.95. The van der Waals surface area contributed by atoms with Gasteiger partial charge in [0.05, 0.1) is 0 Å². The number of allylic oxidation sites excluding steroid dienone is 2. The van der Waals surface area contributed by atoms with Gasteiger partial charge < -0.3 is 10.0 Å². The van der Waals surface area contributed by atoms with Crippen molar-refractivity contribution in [1.82, 2.24) is 0 Å². The summed E-state index contributed by atoms with van der Waals surface area (Å²) in [5.41, 5.74) is 1.68. The maximum absolute atomic E-state index is 8.89. The lowest BCUT2D eigenvalue weighted by Crippen LogP contribution is -2.29. The molecule has 1 aliphatic rings. The van der Waals surface area contributed by atoms with Gasteiger partial charge in [-0.25, -0.2) is 0 Å². The summed E-state index contributed by atoms with van der Waals surface area (Å²) in [6.45, 7) is 0. The van der Waals surface area contributed by atoms with Gasteiger partial charge in [0.1, 0.15) is 0 Å². The molecule has 0 bridgehead atoms. The molecular formula is C9H9BO2. The van der Waals surface area contributed by atoms with Gasteiger partial charge in [0.2, 0.25) is 0 Å². The number of hydrogen-bond donors (Lipinski definition) is 2. The highest BCUT2D eigenvalue weighted by Gasteiger charge is 2.16. The van der Waals surface area contributed by atoms with Crippen LogP contribution in [0.3, 0.4) is 0 Å². The van der Waals surface area contributed by atoms with Crippen LogP contribution >= 0.6 is 0 Å². The summed E-state index contributed by atoms with van der Waals surface area (Å²) in [7, 11) is -1.36. The first-order chi connectivity index (χ1) is 5.77. The molecule has 12 heavy (non-hydrogen) atoms. The highest BCUT2D eigenvalue weighted by Crippen LogP contribution is 2.28. The van der Waals surface area contributed by atoms with Crippen LogP contribution in [0.1, 0.15) is 11.5 Å². The van der Waals surface area contributed by atoms with Crippen molar-refractivity contribution in [3.63, 3.8) is 0 Å². The molecule has 1 aromatic carbocycles. The summed E-state index contributed by atoms with van der Waals surface area (Å²) in [5.74, 6) is 0.420. The molecule has 0 heterocycles. The van der Waals surface area contributed by atoms with E-state index in [1.807, 2.05) is 18.2 Å². The van der Waals surface area contributed by atoms with Crippen LogP contribution in [-0.4, -0.2) is 17.2 Å². The van der Waals surface area contributed by atoms with Crippen molar-refractivity contribution in [3.8, 4) is 0 Å². The third-order valence-electron chi connectivity index (χ3n) is 1.98. The van der Waals surface area contributed by atoms with Crippen molar-refractivity contribution in [3.05, 3.63) is 42.0 Å². The van der Waals surface area contributed by atoms with E-state index < -0.39 is 7.12 Å². The maximum Gasteiger partial charge on any atom is 0.488 e. The van der Waals surface area contributed by atoms with E-state index in [2.05, 4.69) is 12.2 Å². The molecule has 0 saturated carbocycles. The van der Waals surface area contributed by atoms with Gasteiger partial charge in [0, 0.05) is 5.92 Å². The molecule has 0 radical (unpaired) electrons. The van der Waals surface area contributed by atoms with Crippen molar-refractivity contribution >= 4 is 12.6 Å². The van der Waals surface area contributed by atoms with E-state index >= 15 is 0 Å². The molecular weight excluding hydrogens is 151 g/mol. The molecule has 3 heteroatoms. The zero-order valence-corrected chi connectivity index (χ0v) is 6.51. The van der Waals surface area contributed by atoms with E-state index in [0.717, 1.165) is 5.56 Å². The minimum absolute atomic E-state index is 0.420. The fourth-order valence-corrected chi connectivity index (χ4v) is 1.20. The zero-order valence-electron chi connectivity index (χ0n) is 6.51. The second kappa shape index (κ2) is 2.77. The average molecular weight is 160 g/mol. The summed E-state index contributed by atoms with van der Waals surface area (Å²) in [4.78, 5) is 0. The summed E-state index contributed by atoms with van der Waals surface area (Å²) in [6.07, 6.45) is 4.14. The lowest BCUT2D eigenvalue weighted by atomic mass is 9.79. The van der Waals surface area contributed by atoms with E-state index in [0.29, 0.717) is 11.4 Å². The van der Waals surface area contributed by atoms with Crippen LogP contribution in [0.15, 0.2) is 36.4 Å². The van der Waals surface area contributed by atoms with Crippen molar-refractivity contribution in [2.45, 2.75) is 5.92 Å². The highest BCUT2D eigenvalue weighted by atomic mass is 16.4. The molecule has 1 aromatic rings. The van der Waals surface area contributed by atoms with Crippen molar-refractivity contribution < 1.29 is 10.0 Å². The Morgan fingerprint density at radius 1 is 1.17 bits per heavy atom. The normalized spacial score (nSPS) is 14.8. The number of rotatable bonds is 2. The van der Waals surface area contributed by atoms with Gasteiger partial charge in [-0.1, -0.05) is 36.4 Å². The Balaban J connectivity index is 2.27. The van der Waals surface area contributed by atoms with Crippen LogP contribution in [0.2, 0.25) is 0 Å².